The molecule has 0 aromatic carbocycles. The normalized spacial score (nSPS) is 15.5. The fourth-order valence-electron chi connectivity index (χ4n) is 2.29. The molecule has 0 aromatic rings. The van der Waals surface area contributed by atoms with Crippen molar-refractivity contribution in [2.75, 3.05) is 6.54 Å². The van der Waals surface area contributed by atoms with Gasteiger partial charge in [-0.2, -0.15) is 26.3 Å². The lowest BCUT2D eigenvalue weighted by Crippen LogP contribution is -2.31. The first-order valence-electron chi connectivity index (χ1n) is 7.12. The molecule has 0 fully saturated rings. The van der Waals surface area contributed by atoms with Crippen molar-refractivity contribution in [2.24, 2.45) is 5.92 Å². The van der Waals surface area contributed by atoms with Crippen molar-refractivity contribution in [1.82, 2.24) is 4.67 Å². The standard InChI is InChI=1S/C12H22F6NO3P/c1-3-9(2)19(23(20,21)22)6-4-5-10(7-11(13,14)15)8-12(16,17)18/h9-10H,3-8H2,1-2H3,(H2,20,21,22). The smallest absolute Gasteiger partial charge is 0.312 e. The average Bonchev–Trinajstić information content (AvgIpc) is 2.27. The molecule has 0 aliphatic heterocycles. The monoisotopic (exact) mass is 373 g/mol. The maximum Gasteiger partial charge on any atom is 0.403 e. The molecule has 0 saturated carbocycles. The molecule has 140 valence electrons. The molecule has 23 heavy (non-hydrogen) atoms. The summed E-state index contributed by atoms with van der Waals surface area (Å²) in [6.45, 7) is 2.94. The summed E-state index contributed by atoms with van der Waals surface area (Å²) in [5.41, 5.74) is 0. The van der Waals surface area contributed by atoms with E-state index in [4.69, 9.17) is 0 Å². The van der Waals surface area contributed by atoms with E-state index in [2.05, 4.69) is 0 Å². The van der Waals surface area contributed by atoms with E-state index in [1.165, 1.54) is 6.92 Å². The summed E-state index contributed by atoms with van der Waals surface area (Å²) in [4.78, 5) is 18.4. The number of rotatable bonds is 9. The summed E-state index contributed by atoms with van der Waals surface area (Å²) >= 11 is 0. The highest BCUT2D eigenvalue weighted by molar-refractivity contribution is 7.49. The molecule has 0 aromatic heterocycles. The van der Waals surface area contributed by atoms with Crippen LogP contribution in [0, 0.1) is 5.92 Å². The van der Waals surface area contributed by atoms with Crippen LogP contribution in [0.25, 0.3) is 0 Å². The van der Waals surface area contributed by atoms with E-state index in [0.717, 1.165) is 4.67 Å². The zero-order valence-corrected chi connectivity index (χ0v) is 13.8. The van der Waals surface area contributed by atoms with Crippen LogP contribution in [0.2, 0.25) is 0 Å². The molecule has 0 heterocycles. The molecule has 0 radical (unpaired) electrons. The maximum absolute atomic E-state index is 12.3. The van der Waals surface area contributed by atoms with Crippen LogP contribution in [-0.4, -0.2) is 39.4 Å². The highest BCUT2D eigenvalue weighted by Crippen LogP contribution is 2.43. The van der Waals surface area contributed by atoms with Gasteiger partial charge in [-0.15, -0.1) is 0 Å². The summed E-state index contributed by atoms with van der Waals surface area (Å²) < 4.78 is 86.2. The van der Waals surface area contributed by atoms with Gasteiger partial charge >= 0.3 is 20.1 Å². The number of hydrogen-bond acceptors (Lipinski definition) is 1. The summed E-state index contributed by atoms with van der Waals surface area (Å²) in [7, 11) is -4.60. The van der Waals surface area contributed by atoms with Gasteiger partial charge in [0.1, 0.15) is 0 Å². The van der Waals surface area contributed by atoms with Crippen molar-refractivity contribution in [2.45, 2.75) is 64.3 Å². The number of hydrogen-bond donors (Lipinski definition) is 2. The minimum Gasteiger partial charge on any atom is -0.312 e. The maximum atomic E-state index is 12.3. The van der Waals surface area contributed by atoms with Crippen molar-refractivity contribution >= 4 is 7.75 Å². The molecule has 0 rings (SSSR count). The Morgan fingerprint density at radius 1 is 1.04 bits per heavy atom. The molecule has 0 amide bonds. The molecule has 4 nitrogen and oxygen atoms in total. The van der Waals surface area contributed by atoms with E-state index < -0.39 is 51.3 Å². The second-order valence-electron chi connectivity index (χ2n) is 5.58. The predicted octanol–water partition coefficient (Wildman–Crippen LogP) is 4.48. The van der Waals surface area contributed by atoms with Gasteiger partial charge in [0, 0.05) is 25.4 Å². The molecular formula is C12H22F6NO3P. The van der Waals surface area contributed by atoms with Crippen molar-refractivity contribution in [3.8, 4) is 0 Å². The van der Waals surface area contributed by atoms with Gasteiger partial charge < -0.3 is 9.79 Å². The van der Waals surface area contributed by atoms with Gasteiger partial charge in [-0.05, 0) is 32.1 Å². The van der Waals surface area contributed by atoms with Gasteiger partial charge in [-0.25, -0.2) is 9.24 Å². The van der Waals surface area contributed by atoms with Gasteiger partial charge in [0.15, 0.2) is 0 Å². The Balaban J connectivity index is 4.74. The van der Waals surface area contributed by atoms with Gasteiger partial charge in [0.25, 0.3) is 0 Å². The molecule has 0 spiro atoms. The van der Waals surface area contributed by atoms with E-state index in [0.29, 0.717) is 6.42 Å². The molecular weight excluding hydrogens is 351 g/mol. The van der Waals surface area contributed by atoms with Crippen LogP contribution in [0.3, 0.4) is 0 Å². The lowest BCUT2D eigenvalue weighted by Gasteiger charge is -2.29. The minimum absolute atomic E-state index is 0.160. The highest BCUT2D eigenvalue weighted by Gasteiger charge is 2.38. The molecule has 0 bridgehead atoms. The quantitative estimate of drug-likeness (QED) is 0.462. The molecule has 0 aliphatic rings. The van der Waals surface area contributed by atoms with Crippen molar-refractivity contribution in [1.29, 1.82) is 0 Å². The largest absolute Gasteiger partial charge is 0.403 e. The topological polar surface area (TPSA) is 60.8 Å². The second kappa shape index (κ2) is 8.69. The Morgan fingerprint density at radius 2 is 1.48 bits per heavy atom. The molecule has 2 N–H and O–H groups in total. The van der Waals surface area contributed by atoms with E-state index in [1.54, 1.807) is 6.92 Å². The van der Waals surface area contributed by atoms with E-state index in [9.17, 15) is 40.7 Å². The van der Waals surface area contributed by atoms with E-state index in [1.807, 2.05) is 0 Å². The predicted molar refractivity (Wildman–Crippen MR) is 72.6 cm³/mol. The molecule has 1 atom stereocenters. The van der Waals surface area contributed by atoms with Crippen LogP contribution in [0.4, 0.5) is 26.3 Å². The highest BCUT2D eigenvalue weighted by atomic mass is 31.2. The lowest BCUT2D eigenvalue weighted by atomic mass is 9.95. The Hall–Kier alpha value is -0.310. The first-order chi connectivity index (χ1) is 10.2. The van der Waals surface area contributed by atoms with Crippen LogP contribution in [0.15, 0.2) is 0 Å². The number of nitrogens with zero attached hydrogens (tertiary/aromatic N) is 1. The zero-order chi connectivity index (χ0) is 18.5. The third kappa shape index (κ3) is 11.0. The van der Waals surface area contributed by atoms with Crippen molar-refractivity contribution in [3.63, 3.8) is 0 Å². The second-order valence-corrected chi connectivity index (χ2v) is 7.12. The zero-order valence-electron chi connectivity index (χ0n) is 12.9. The van der Waals surface area contributed by atoms with Gasteiger partial charge in [0.2, 0.25) is 0 Å². The summed E-state index contributed by atoms with van der Waals surface area (Å²) in [6, 6.07) is -0.528. The Bertz CT molecular complexity index is 379. The first-order valence-corrected chi connectivity index (χ1v) is 8.68. The van der Waals surface area contributed by atoms with Crippen LogP contribution >= 0.6 is 7.75 Å². The van der Waals surface area contributed by atoms with Crippen molar-refractivity contribution < 1.29 is 40.7 Å². The number of halogens is 6. The fourth-order valence-corrected chi connectivity index (χ4v) is 3.37. The number of alkyl halides is 6. The van der Waals surface area contributed by atoms with Crippen LogP contribution in [0.5, 0.6) is 0 Å². The third-order valence-corrected chi connectivity index (χ3v) is 4.74. The Labute approximate surface area is 131 Å². The van der Waals surface area contributed by atoms with Gasteiger partial charge in [-0.3, -0.25) is 0 Å². The molecule has 11 heteroatoms. The minimum atomic E-state index is -4.71. The van der Waals surface area contributed by atoms with Crippen LogP contribution in [0.1, 0.15) is 46.0 Å². The molecule has 1 unspecified atom stereocenters. The van der Waals surface area contributed by atoms with E-state index >= 15 is 0 Å². The van der Waals surface area contributed by atoms with Gasteiger partial charge in [-0.1, -0.05) is 6.92 Å². The van der Waals surface area contributed by atoms with Crippen LogP contribution < -0.4 is 0 Å². The summed E-state index contributed by atoms with van der Waals surface area (Å²) in [5.74, 6) is -1.65. The van der Waals surface area contributed by atoms with Crippen molar-refractivity contribution in [3.05, 3.63) is 0 Å². The van der Waals surface area contributed by atoms with Gasteiger partial charge in [0.05, 0.1) is 0 Å². The average molecular weight is 373 g/mol. The summed E-state index contributed by atoms with van der Waals surface area (Å²) in [6.07, 6.45) is -12.7. The SMILES string of the molecule is CCC(C)N(CCCC(CC(F)(F)F)CC(F)(F)F)P(=O)(O)O. The first kappa shape index (κ1) is 22.7. The molecule has 0 saturated heterocycles. The molecule has 0 aliphatic carbocycles. The lowest BCUT2D eigenvalue weighted by molar-refractivity contribution is -0.173. The van der Waals surface area contributed by atoms with Crippen LogP contribution in [-0.2, 0) is 4.57 Å². The Morgan fingerprint density at radius 3 is 1.78 bits per heavy atom. The Kier molecular flexibility index (Phi) is 8.57. The summed E-state index contributed by atoms with van der Waals surface area (Å²) in [5, 5.41) is 0. The van der Waals surface area contributed by atoms with E-state index in [-0.39, 0.29) is 13.0 Å². The fraction of sp³-hybridized carbons (Fsp3) is 1.00. The third-order valence-electron chi connectivity index (χ3n) is 3.47.